The van der Waals surface area contributed by atoms with Crippen LogP contribution in [0.4, 0.5) is 10.5 Å². The van der Waals surface area contributed by atoms with E-state index in [0.29, 0.717) is 12.2 Å². The molecule has 2 rings (SSSR count). The third-order valence-corrected chi connectivity index (χ3v) is 2.68. The molecule has 0 bridgehead atoms. The minimum absolute atomic E-state index is 0.289. The smallest absolute Gasteiger partial charge is 0.411 e. The van der Waals surface area contributed by atoms with Gasteiger partial charge in [0.15, 0.2) is 0 Å². The third kappa shape index (κ3) is 3.21. The molecule has 96 valence electrons. The van der Waals surface area contributed by atoms with E-state index in [1.54, 1.807) is 24.3 Å². The van der Waals surface area contributed by atoms with Crippen molar-refractivity contribution in [3.63, 3.8) is 0 Å². The Morgan fingerprint density at radius 2 is 2.06 bits per heavy atom. The molecule has 2 atom stereocenters. The van der Waals surface area contributed by atoms with Gasteiger partial charge in [0.1, 0.15) is 12.1 Å². The average Bonchev–Trinajstić information content (AvgIpc) is 2.78. The summed E-state index contributed by atoms with van der Waals surface area (Å²) in [6.45, 7) is 0.360. The third-order valence-electron chi connectivity index (χ3n) is 2.68. The van der Waals surface area contributed by atoms with Crippen molar-refractivity contribution >= 4 is 17.7 Å². The van der Waals surface area contributed by atoms with Gasteiger partial charge >= 0.3 is 12.1 Å². The van der Waals surface area contributed by atoms with Gasteiger partial charge in [-0.2, -0.15) is 0 Å². The SMILES string of the molecule is O=C(Nc1ccccc1)OC1CNC(C(=O)O)C1. The van der Waals surface area contributed by atoms with Gasteiger partial charge in [0.2, 0.25) is 0 Å². The van der Waals surface area contributed by atoms with Crippen molar-refractivity contribution in [1.82, 2.24) is 5.32 Å². The molecule has 1 aromatic carbocycles. The predicted molar refractivity (Wildman–Crippen MR) is 64.4 cm³/mol. The summed E-state index contributed by atoms with van der Waals surface area (Å²) in [5.74, 6) is -0.926. The number of carbonyl (C=O) groups excluding carboxylic acids is 1. The highest BCUT2D eigenvalue weighted by molar-refractivity contribution is 5.84. The van der Waals surface area contributed by atoms with Crippen molar-refractivity contribution in [3.8, 4) is 0 Å². The largest absolute Gasteiger partial charge is 0.480 e. The lowest BCUT2D eigenvalue weighted by Gasteiger charge is -2.11. The molecule has 0 spiro atoms. The van der Waals surface area contributed by atoms with E-state index in [0.717, 1.165) is 0 Å². The van der Waals surface area contributed by atoms with Gasteiger partial charge in [0.05, 0.1) is 0 Å². The van der Waals surface area contributed by atoms with Gasteiger partial charge < -0.3 is 15.2 Å². The molecule has 0 saturated carbocycles. The molecule has 0 aromatic heterocycles. The van der Waals surface area contributed by atoms with Crippen LogP contribution in [0.15, 0.2) is 30.3 Å². The van der Waals surface area contributed by atoms with Crippen LogP contribution in [0.25, 0.3) is 0 Å². The lowest BCUT2D eigenvalue weighted by Crippen LogP contribution is -2.30. The lowest BCUT2D eigenvalue weighted by atomic mass is 10.2. The molecule has 0 aliphatic carbocycles. The van der Waals surface area contributed by atoms with Gasteiger partial charge in [0, 0.05) is 18.7 Å². The van der Waals surface area contributed by atoms with E-state index < -0.39 is 24.2 Å². The van der Waals surface area contributed by atoms with E-state index in [2.05, 4.69) is 10.6 Å². The van der Waals surface area contributed by atoms with Crippen LogP contribution in [0, 0.1) is 0 Å². The quantitative estimate of drug-likeness (QED) is 0.746. The molecule has 1 heterocycles. The van der Waals surface area contributed by atoms with Gasteiger partial charge in [-0.15, -0.1) is 0 Å². The molecular weight excluding hydrogens is 236 g/mol. The first kappa shape index (κ1) is 12.4. The molecule has 1 amide bonds. The Morgan fingerprint density at radius 3 is 2.67 bits per heavy atom. The summed E-state index contributed by atoms with van der Waals surface area (Å²) < 4.78 is 5.12. The Balaban J connectivity index is 1.80. The van der Waals surface area contributed by atoms with Gasteiger partial charge in [-0.1, -0.05) is 18.2 Å². The van der Waals surface area contributed by atoms with Crippen LogP contribution in [-0.2, 0) is 9.53 Å². The van der Waals surface area contributed by atoms with Crippen molar-refractivity contribution < 1.29 is 19.4 Å². The van der Waals surface area contributed by atoms with E-state index in [9.17, 15) is 9.59 Å². The normalized spacial score (nSPS) is 22.4. The van der Waals surface area contributed by atoms with Crippen molar-refractivity contribution in [2.75, 3.05) is 11.9 Å². The number of hydrogen-bond donors (Lipinski definition) is 3. The Hall–Kier alpha value is -2.08. The molecule has 0 radical (unpaired) electrons. The van der Waals surface area contributed by atoms with E-state index >= 15 is 0 Å². The number of aliphatic carboxylic acids is 1. The van der Waals surface area contributed by atoms with Crippen LogP contribution in [0.1, 0.15) is 6.42 Å². The molecule has 1 saturated heterocycles. The summed E-state index contributed by atoms with van der Waals surface area (Å²) in [5, 5.41) is 14.1. The number of benzene rings is 1. The fraction of sp³-hybridized carbons (Fsp3) is 0.333. The Kier molecular flexibility index (Phi) is 3.78. The number of hydrogen-bond acceptors (Lipinski definition) is 4. The number of rotatable bonds is 3. The van der Waals surface area contributed by atoms with E-state index in [1.165, 1.54) is 0 Å². The number of carbonyl (C=O) groups is 2. The summed E-state index contributed by atoms with van der Waals surface area (Å²) >= 11 is 0. The fourth-order valence-corrected chi connectivity index (χ4v) is 1.80. The predicted octanol–water partition coefficient (Wildman–Crippen LogP) is 1.05. The Labute approximate surface area is 104 Å². The summed E-state index contributed by atoms with van der Waals surface area (Å²) in [4.78, 5) is 22.2. The second-order valence-corrected chi connectivity index (χ2v) is 4.05. The average molecular weight is 250 g/mol. The summed E-state index contributed by atoms with van der Waals surface area (Å²) in [6, 6.07) is 8.29. The molecule has 3 N–H and O–H groups in total. The number of anilines is 1. The second kappa shape index (κ2) is 5.50. The maximum absolute atomic E-state index is 11.5. The number of carboxylic acids is 1. The van der Waals surface area contributed by atoms with E-state index in [-0.39, 0.29) is 6.42 Å². The van der Waals surface area contributed by atoms with Crippen LogP contribution in [-0.4, -0.2) is 35.9 Å². The summed E-state index contributed by atoms with van der Waals surface area (Å²) in [7, 11) is 0. The number of amides is 1. The van der Waals surface area contributed by atoms with Gasteiger partial charge in [-0.05, 0) is 12.1 Å². The van der Waals surface area contributed by atoms with Crippen molar-refractivity contribution in [2.24, 2.45) is 0 Å². The molecule has 1 aromatic rings. The maximum atomic E-state index is 11.5. The topological polar surface area (TPSA) is 87.7 Å². The highest BCUT2D eigenvalue weighted by Crippen LogP contribution is 2.12. The fourth-order valence-electron chi connectivity index (χ4n) is 1.80. The molecule has 6 nitrogen and oxygen atoms in total. The van der Waals surface area contributed by atoms with Gasteiger partial charge in [-0.3, -0.25) is 10.1 Å². The molecule has 6 heteroatoms. The molecule has 1 fully saturated rings. The standard InChI is InChI=1S/C12H14N2O4/c15-11(16)10-6-9(7-13-10)18-12(17)14-8-4-2-1-3-5-8/h1-5,9-10,13H,6-7H2,(H,14,17)(H,15,16). The van der Waals surface area contributed by atoms with Crippen LogP contribution in [0.5, 0.6) is 0 Å². The van der Waals surface area contributed by atoms with Crippen LogP contribution >= 0.6 is 0 Å². The zero-order chi connectivity index (χ0) is 13.0. The minimum Gasteiger partial charge on any atom is -0.480 e. The van der Waals surface area contributed by atoms with Crippen LogP contribution in [0.2, 0.25) is 0 Å². The van der Waals surface area contributed by atoms with Crippen LogP contribution in [0.3, 0.4) is 0 Å². The molecule has 18 heavy (non-hydrogen) atoms. The van der Waals surface area contributed by atoms with Crippen molar-refractivity contribution in [2.45, 2.75) is 18.6 Å². The second-order valence-electron chi connectivity index (χ2n) is 4.05. The van der Waals surface area contributed by atoms with E-state index in [1.807, 2.05) is 6.07 Å². The number of carboxylic acid groups (broad SMARTS) is 1. The number of nitrogens with one attached hydrogen (secondary N) is 2. The molecule has 2 unspecified atom stereocenters. The first-order chi connectivity index (χ1) is 8.65. The number of para-hydroxylation sites is 1. The Morgan fingerprint density at radius 1 is 1.33 bits per heavy atom. The lowest BCUT2D eigenvalue weighted by molar-refractivity contribution is -0.139. The van der Waals surface area contributed by atoms with Crippen molar-refractivity contribution in [3.05, 3.63) is 30.3 Å². The molecule has 1 aliphatic rings. The minimum atomic E-state index is -0.926. The molecular formula is C12H14N2O4. The van der Waals surface area contributed by atoms with E-state index in [4.69, 9.17) is 9.84 Å². The Bertz CT molecular complexity index is 435. The van der Waals surface area contributed by atoms with Crippen LogP contribution < -0.4 is 10.6 Å². The maximum Gasteiger partial charge on any atom is 0.411 e. The van der Waals surface area contributed by atoms with Crippen molar-refractivity contribution in [1.29, 1.82) is 0 Å². The summed E-state index contributed by atoms with van der Waals surface area (Å²) in [5.41, 5.74) is 0.642. The zero-order valence-electron chi connectivity index (χ0n) is 9.63. The molecule has 1 aliphatic heterocycles. The first-order valence-corrected chi connectivity index (χ1v) is 5.64. The summed E-state index contributed by atoms with van der Waals surface area (Å²) in [6.07, 6.45) is -0.689. The first-order valence-electron chi connectivity index (χ1n) is 5.64. The monoisotopic (exact) mass is 250 g/mol. The highest BCUT2D eigenvalue weighted by Gasteiger charge is 2.31. The highest BCUT2D eigenvalue weighted by atomic mass is 16.6. The zero-order valence-corrected chi connectivity index (χ0v) is 9.63. The number of ether oxygens (including phenoxy) is 1. The van der Waals surface area contributed by atoms with Gasteiger partial charge in [-0.25, -0.2) is 4.79 Å². The van der Waals surface area contributed by atoms with Gasteiger partial charge in [0.25, 0.3) is 0 Å².